The predicted octanol–water partition coefficient (Wildman–Crippen LogP) is 12.9. The summed E-state index contributed by atoms with van der Waals surface area (Å²) in [6, 6.07) is 24.4. The number of fused-ring (bicyclic) bond motifs is 12. The van der Waals surface area contributed by atoms with Crippen molar-refractivity contribution in [2.45, 2.75) is 259 Å². The van der Waals surface area contributed by atoms with Gasteiger partial charge in [0.2, 0.25) is 0 Å². The van der Waals surface area contributed by atoms with E-state index in [0.717, 1.165) is 206 Å². The molecule has 10 N–H and O–H groups in total. The molecule has 32 heteroatoms. The van der Waals surface area contributed by atoms with Gasteiger partial charge in [-0.3, -0.25) is 39.2 Å². The molecule has 4 unspecified atom stereocenters. The number of nitrogens with two attached hydrogens (primary N) is 2. The van der Waals surface area contributed by atoms with Gasteiger partial charge in [0.25, 0.3) is 23.6 Å². The van der Waals surface area contributed by atoms with Gasteiger partial charge in [-0.1, -0.05) is 71.6 Å². The van der Waals surface area contributed by atoms with Crippen LogP contribution in [0.4, 0.5) is 9.59 Å². The zero-order chi connectivity index (χ0) is 99.2. The van der Waals surface area contributed by atoms with Crippen molar-refractivity contribution >= 4 is 70.6 Å². The van der Waals surface area contributed by atoms with E-state index in [-0.39, 0.29) is 94.8 Å². The molecule has 4 aliphatic heterocycles. The third-order valence-electron chi connectivity index (χ3n) is 32.0. The number of rotatable bonds is 11. The molecular formula is C110H123ClN18O12S. The molecule has 11 fully saturated rings. The quantitative estimate of drug-likeness (QED) is 0.0196. The molecule has 8 saturated carbocycles. The highest BCUT2D eigenvalue weighted by Crippen LogP contribution is 2.66. The lowest BCUT2D eigenvalue weighted by atomic mass is 9.61. The number of urea groups is 2. The van der Waals surface area contributed by atoms with Crippen molar-refractivity contribution in [3.8, 4) is 47.4 Å². The molecule has 8 amide bonds. The summed E-state index contributed by atoms with van der Waals surface area (Å²) in [7, 11) is 7.05. The number of aromatic nitrogens is 8. The third kappa shape index (κ3) is 19.3. The van der Waals surface area contributed by atoms with Gasteiger partial charge in [0.05, 0.1) is 49.9 Å². The summed E-state index contributed by atoms with van der Waals surface area (Å²) in [6.45, 7) is 2.76. The van der Waals surface area contributed by atoms with Gasteiger partial charge in [-0.2, -0.15) is 0 Å². The second-order valence-electron chi connectivity index (χ2n) is 40.5. The van der Waals surface area contributed by atoms with Crippen LogP contribution in [-0.4, -0.2) is 171 Å². The molecule has 4 atom stereocenters. The number of aliphatic hydroxyl groups is 1. The lowest BCUT2D eigenvalue weighted by Gasteiger charge is -2.46. The third-order valence-corrected chi connectivity index (χ3v) is 32.7. The number of aliphatic hydroxyl groups excluding tert-OH is 1. The van der Waals surface area contributed by atoms with Gasteiger partial charge in [-0.05, 0) is 292 Å². The van der Waals surface area contributed by atoms with E-state index in [9.17, 15) is 28.8 Å². The lowest BCUT2D eigenvalue weighted by molar-refractivity contribution is -0.139. The molecule has 8 spiro atoms. The van der Waals surface area contributed by atoms with E-state index in [1.54, 1.807) is 94.7 Å². The number of hydrogen-bond acceptors (Lipinski definition) is 24. The van der Waals surface area contributed by atoms with E-state index in [2.05, 4.69) is 181 Å². The fourth-order valence-corrected chi connectivity index (χ4v) is 24.5. The number of alkyl halides is 1. The smallest absolute Gasteiger partial charge is 0.325 e. The van der Waals surface area contributed by atoms with Gasteiger partial charge in [0.15, 0.2) is 33.2 Å². The summed E-state index contributed by atoms with van der Waals surface area (Å²) >= 11 is 11.2. The van der Waals surface area contributed by atoms with Crippen LogP contribution in [0.15, 0.2) is 153 Å². The van der Waals surface area contributed by atoms with E-state index >= 15 is 0 Å². The molecule has 4 aromatic heterocycles. The Kier molecular flexibility index (Phi) is 29.7. The topological polar surface area (TPSA) is 405 Å². The summed E-state index contributed by atoms with van der Waals surface area (Å²) in [5.41, 5.74) is 17.0. The first-order valence-electron chi connectivity index (χ1n) is 49.7. The van der Waals surface area contributed by atoms with Crippen molar-refractivity contribution in [3.05, 3.63) is 237 Å². The number of nitrogens with zero attached hydrogens (tertiary/aromatic N) is 12. The Morgan fingerprint density at radius 1 is 0.408 bits per heavy atom. The van der Waals surface area contributed by atoms with Gasteiger partial charge in [0.1, 0.15) is 25.3 Å². The molecule has 8 heterocycles. The Bertz CT molecular complexity index is 6130. The second-order valence-corrected chi connectivity index (χ2v) is 41.2. The van der Waals surface area contributed by atoms with Crippen LogP contribution in [0.3, 0.4) is 0 Å². The number of carbonyl (C=O) groups excluding carboxylic acids is 6. The lowest BCUT2D eigenvalue weighted by Crippen LogP contribution is -2.56. The minimum Gasteiger partial charge on any atom is -0.397 e. The van der Waals surface area contributed by atoms with Crippen LogP contribution in [0, 0.1) is 92.7 Å². The zero-order valence-corrected chi connectivity index (χ0v) is 82.7. The Morgan fingerprint density at radius 2 is 0.711 bits per heavy atom. The van der Waals surface area contributed by atoms with Gasteiger partial charge in [-0.25, -0.2) is 60.4 Å². The number of imide groups is 2. The van der Waals surface area contributed by atoms with Crippen LogP contribution in [-0.2, 0) is 111 Å². The molecule has 16 aliphatic rings. The summed E-state index contributed by atoms with van der Waals surface area (Å²) in [5, 5.41) is 26.9. The average molecular weight is 1960 g/mol. The molecule has 12 aliphatic carbocycles. The van der Waals surface area contributed by atoms with Crippen molar-refractivity contribution < 1.29 is 58.0 Å². The monoisotopic (exact) mass is 1950 g/mol. The number of nitrogens with one attached hydrogen (secondary N) is 4. The van der Waals surface area contributed by atoms with E-state index < -0.39 is 28.2 Å². The normalized spacial score (nSPS) is 28.6. The number of hydrogen-bond donors (Lipinski definition) is 8. The number of guanidine groups is 1. The van der Waals surface area contributed by atoms with Crippen molar-refractivity contribution in [2.75, 3.05) is 35.0 Å². The van der Waals surface area contributed by atoms with Crippen LogP contribution in [0.2, 0.25) is 0 Å². The summed E-state index contributed by atoms with van der Waals surface area (Å²) < 4.78 is 22.5. The fraction of sp³-hybridized carbons (Fsp3) is 0.491. The van der Waals surface area contributed by atoms with Crippen molar-refractivity contribution in [2.24, 2.45) is 62.0 Å². The average Bonchev–Trinajstić information content (AvgIpc) is 1.54. The highest BCUT2D eigenvalue weighted by Gasteiger charge is 2.72. The fourth-order valence-electron chi connectivity index (χ4n) is 24.1. The summed E-state index contributed by atoms with van der Waals surface area (Å²) in [5.74, 6) is 32.5. The molecule has 738 valence electrons. The number of methoxy groups -OCH3 is 4. The minimum absolute atomic E-state index is 0.0308. The molecular weight excluding hydrogens is 1830 g/mol. The van der Waals surface area contributed by atoms with Crippen LogP contribution < -0.4 is 32.9 Å². The van der Waals surface area contributed by atoms with Crippen molar-refractivity contribution in [1.82, 2.24) is 75.8 Å². The van der Waals surface area contributed by atoms with E-state index in [4.69, 9.17) is 63.8 Å². The highest BCUT2D eigenvalue weighted by molar-refractivity contribution is 7.80. The Labute approximate surface area is 839 Å². The molecule has 0 radical (unpaired) electrons. The van der Waals surface area contributed by atoms with Crippen LogP contribution in [0.25, 0.3) is 0 Å². The standard InChI is InChI=1S/C27H29N5O2.C27H28N4O3.C27H28N4O2S.C22H24N2O3.C5H5ClN2.C2H6O.H3NO/c1-34-22-8-10-26(11-9-22)13-21-7-6-19(5-4-18-2-3-18)12-23(21)27(26)24(33)32(25(28)31-27)16-20-14-29-17-30-15-20;1-34-22-8-10-26(11-9-22)13-21-7-6-19(5-4-18-2-3-18)12-23(21)27(26)24(32)31(25(33)30-27)16-20-14-28-17-29-15-20;1-33-22-8-10-26(11-9-22)13-21-7-6-19(5-4-18-2-3-18)12-23(21)27(26)24(32)31(25(34)30-27)16-20-14-28-17-29-15-20;1-27-17-8-10-21(11-9-17)13-16-7-6-15(5-4-14-2-3-14)12-18(16)22(21)19(25)23-20(26)24-22;6-1-5-2-7-4-8-3-5;1-2-3;1-2/h6-7,12,14-15,17-18,22H,2-3,8-11,13,16H2,1H3,(H2,28,31);6-7,12,14-15,17-18,22H,2-3,8-11,13,16H2,1H3,(H,30,33);6-7,12,14-15,17-18,22H,2-3,8-11,13,16H2,1H3,(H,30,34);6-7,12,14,17H,2-3,8-11,13H2,1H3,(H2,23,24,25,26);2-4H,1H2;3H,2H2,1H3;2H,1H2. The van der Waals surface area contributed by atoms with Gasteiger partial charge < -0.3 is 50.9 Å². The molecule has 0 bridgehead atoms. The van der Waals surface area contributed by atoms with Gasteiger partial charge in [0, 0.05) is 174 Å². The molecule has 8 aromatic rings. The Morgan fingerprint density at radius 3 is 1.05 bits per heavy atom. The molecule has 24 rings (SSSR count). The maximum Gasteiger partial charge on any atom is 0.325 e. The number of carbonyl (C=O) groups is 6. The number of benzene rings is 4. The number of ether oxygens (including phenoxy) is 4. The first-order valence-corrected chi connectivity index (χ1v) is 50.7. The zero-order valence-electron chi connectivity index (χ0n) is 81.1. The predicted molar refractivity (Wildman–Crippen MR) is 533 cm³/mol. The first-order chi connectivity index (χ1) is 69.0. The summed E-state index contributed by atoms with van der Waals surface area (Å²) in [4.78, 5) is 123. The van der Waals surface area contributed by atoms with E-state index in [1.807, 2.05) is 6.07 Å². The van der Waals surface area contributed by atoms with E-state index in [0.29, 0.717) is 47.8 Å². The molecule has 3 saturated heterocycles. The van der Waals surface area contributed by atoms with Crippen LogP contribution in [0.5, 0.6) is 0 Å². The number of aliphatic imine (C=N–C) groups is 1. The maximum absolute atomic E-state index is 14.4. The Balaban J connectivity index is 0.000000120. The molecule has 30 nitrogen and oxygen atoms in total. The number of amides is 8. The molecule has 142 heavy (non-hydrogen) atoms. The van der Waals surface area contributed by atoms with Gasteiger partial charge in [-0.15, -0.1) is 11.6 Å². The Hall–Kier alpha value is -12.4. The number of thiocarbonyl (C=S) groups is 1. The van der Waals surface area contributed by atoms with Gasteiger partial charge >= 0.3 is 12.1 Å². The first kappa shape index (κ1) is 99.8. The second kappa shape index (κ2) is 42.3. The minimum atomic E-state index is -1.08. The van der Waals surface area contributed by atoms with Crippen molar-refractivity contribution in [3.63, 3.8) is 0 Å². The van der Waals surface area contributed by atoms with Crippen LogP contribution >= 0.6 is 23.8 Å². The van der Waals surface area contributed by atoms with Crippen LogP contribution in [0.1, 0.15) is 250 Å². The molecule has 4 aromatic carbocycles. The maximum atomic E-state index is 14.4. The summed E-state index contributed by atoms with van der Waals surface area (Å²) in [6.07, 6.45) is 47.2. The SMILES string of the molecule is CCO.COC1CCC2(CC1)Cc1ccc(C#CC3CC3)cc1C21N=C(N)N(Cc2cncnc2)C1=O.COC1CCC2(CC1)Cc1ccc(C#CC3CC3)cc1C21NC(=O)N(Cc2cncnc2)C1=O.COC1CCC2(CC1)Cc1ccc(C#CC3CC3)cc1C21NC(=O)NC1=O.COC1CCC2(CC1)Cc1ccc(C#CC3CC3)cc1C21NC(=S)N(Cc2cncnc2)C1=O.ClCc1cncnc1.NO. The van der Waals surface area contributed by atoms with E-state index in [1.165, 1.54) is 92.7 Å². The number of halogens is 1. The highest BCUT2D eigenvalue weighted by atomic mass is 35.5. The largest absolute Gasteiger partial charge is 0.397 e. The van der Waals surface area contributed by atoms with Crippen molar-refractivity contribution in [1.29, 1.82) is 0 Å².